The summed E-state index contributed by atoms with van der Waals surface area (Å²) in [7, 11) is 2.81. The van der Waals surface area contributed by atoms with E-state index >= 15 is 0 Å². The van der Waals surface area contributed by atoms with Crippen LogP contribution in [0.15, 0.2) is 0 Å². The molecule has 0 aromatic carbocycles. The fourth-order valence-corrected chi connectivity index (χ4v) is 2.78. The predicted molar refractivity (Wildman–Crippen MR) is 59.9 cm³/mol. The molecule has 1 saturated heterocycles. The Morgan fingerprint density at radius 1 is 1.62 bits per heavy atom. The molecule has 5 nitrogen and oxygen atoms in total. The summed E-state index contributed by atoms with van der Waals surface area (Å²) in [5, 5.41) is -0.377. The molecular weight excluding hydrogens is 230 g/mol. The zero-order valence-electron chi connectivity index (χ0n) is 9.56. The minimum Gasteiger partial charge on any atom is -0.469 e. The number of esters is 1. The van der Waals surface area contributed by atoms with Gasteiger partial charge in [-0.05, 0) is 0 Å². The predicted octanol–water partition coefficient (Wildman–Crippen LogP) is 0.428. The number of carbonyl (C=O) groups excluding carboxylic acids is 3. The highest BCUT2D eigenvalue weighted by Crippen LogP contribution is 2.28. The van der Waals surface area contributed by atoms with Crippen LogP contribution in [0.5, 0.6) is 0 Å². The van der Waals surface area contributed by atoms with Gasteiger partial charge in [0.2, 0.25) is 11.8 Å². The van der Waals surface area contributed by atoms with Crippen molar-refractivity contribution in [2.24, 2.45) is 0 Å². The summed E-state index contributed by atoms with van der Waals surface area (Å²) in [4.78, 5) is 35.0. The highest BCUT2D eigenvalue weighted by atomic mass is 32.2. The van der Waals surface area contributed by atoms with E-state index in [1.54, 1.807) is 0 Å². The number of amides is 2. The molecule has 0 bridgehead atoms. The summed E-state index contributed by atoms with van der Waals surface area (Å²) in [5.74, 6) is -0.635. The molecule has 2 atom stereocenters. The molecule has 0 saturated carbocycles. The smallest absolute Gasteiger partial charge is 0.306 e. The maximum Gasteiger partial charge on any atom is 0.306 e. The zero-order chi connectivity index (χ0) is 12.3. The topological polar surface area (TPSA) is 63.7 Å². The largest absolute Gasteiger partial charge is 0.469 e. The standard InChI is InChI=1S/C10H15NO4S/c1-6(4-9(13)15-3)16-7-5-8(12)11(2)10(7)14/h6-7H,4-5H2,1-3H3. The van der Waals surface area contributed by atoms with Gasteiger partial charge in [0.25, 0.3) is 0 Å². The van der Waals surface area contributed by atoms with Crippen molar-refractivity contribution in [1.82, 2.24) is 4.90 Å². The summed E-state index contributed by atoms with van der Waals surface area (Å²) < 4.78 is 4.54. The minimum absolute atomic E-state index is 0.0271. The molecule has 16 heavy (non-hydrogen) atoms. The molecule has 1 aliphatic heterocycles. The molecule has 0 aromatic rings. The second-order valence-corrected chi connectivity index (χ2v) is 5.36. The Balaban J connectivity index is 2.46. The number of rotatable bonds is 4. The Hall–Kier alpha value is -1.04. The molecular formula is C10H15NO4S. The average Bonchev–Trinajstić information content (AvgIpc) is 2.46. The van der Waals surface area contributed by atoms with Gasteiger partial charge >= 0.3 is 5.97 Å². The number of likely N-dealkylation sites (tertiary alicyclic amines) is 1. The highest BCUT2D eigenvalue weighted by Gasteiger charge is 2.37. The minimum atomic E-state index is -0.350. The quantitative estimate of drug-likeness (QED) is 0.531. The highest BCUT2D eigenvalue weighted by molar-refractivity contribution is 8.01. The lowest BCUT2D eigenvalue weighted by molar-refractivity contribution is -0.140. The van der Waals surface area contributed by atoms with E-state index in [2.05, 4.69) is 4.74 Å². The summed E-state index contributed by atoms with van der Waals surface area (Å²) in [6, 6.07) is 0. The number of hydrogen-bond acceptors (Lipinski definition) is 5. The van der Waals surface area contributed by atoms with Crippen LogP contribution < -0.4 is 0 Å². The summed E-state index contributed by atoms with van der Waals surface area (Å²) in [6.45, 7) is 1.84. The Bertz CT molecular complexity index is 318. The molecule has 1 rings (SSSR count). The van der Waals surface area contributed by atoms with E-state index in [0.29, 0.717) is 0 Å². The van der Waals surface area contributed by atoms with Crippen LogP contribution in [0.2, 0.25) is 0 Å². The summed E-state index contributed by atoms with van der Waals surface area (Å²) >= 11 is 1.35. The Morgan fingerprint density at radius 2 is 2.25 bits per heavy atom. The molecule has 90 valence electrons. The van der Waals surface area contributed by atoms with Gasteiger partial charge in [-0.3, -0.25) is 19.3 Å². The van der Waals surface area contributed by atoms with E-state index < -0.39 is 0 Å². The molecule has 0 aliphatic carbocycles. The lowest BCUT2D eigenvalue weighted by Crippen LogP contribution is -2.27. The van der Waals surface area contributed by atoms with Crippen molar-refractivity contribution in [2.45, 2.75) is 30.3 Å². The summed E-state index contributed by atoms with van der Waals surface area (Å²) in [6.07, 6.45) is 0.481. The molecule has 6 heteroatoms. The monoisotopic (exact) mass is 245 g/mol. The van der Waals surface area contributed by atoms with Crippen LogP contribution in [0.1, 0.15) is 19.8 Å². The number of ether oxygens (including phenoxy) is 1. The van der Waals surface area contributed by atoms with Crippen LogP contribution in [0.3, 0.4) is 0 Å². The molecule has 2 amide bonds. The number of carbonyl (C=O) groups is 3. The molecule has 0 N–H and O–H groups in total. The van der Waals surface area contributed by atoms with Crippen LogP contribution >= 0.6 is 11.8 Å². The zero-order valence-corrected chi connectivity index (χ0v) is 10.4. The Morgan fingerprint density at radius 3 is 2.69 bits per heavy atom. The van der Waals surface area contributed by atoms with Gasteiger partial charge in [0.1, 0.15) is 0 Å². The second-order valence-electron chi connectivity index (χ2n) is 3.71. The molecule has 1 fully saturated rings. The normalized spacial score (nSPS) is 22.4. The van der Waals surface area contributed by atoms with Crippen molar-refractivity contribution in [3.63, 3.8) is 0 Å². The molecule has 2 unspecified atom stereocenters. The van der Waals surface area contributed by atoms with Gasteiger partial charge < -0.3 is 4.74 Å². The molecule has 0 radical (unpaired) electrons. The molecule has 0 aromatic heterocycles. The van der Waals surface area contributed by atoms with Crippen LogP contribution in [-0.4, -0.2) is 47.3 Å². The third-order valence-electron chi connectivity index (χ3n) is 2.42. The fraction of sp³-hybridized carbons (Fsp3) is 0.700. The van der Waals surface area contributed by atoms with Crippen molar-refractivity contribution in [3.05, 3.63) is 0 Å². The van der Waals surface area contributed by atoms with Crippen molar-refractivity contribution in [1.29, 1.82) is 0 Å². The third kappa shape index (κ3) is 2.98. The Kier molecular flexibility index (Phi) is 4.35. The first-order valence-corrected chi connectivity index (χ1v) is 5.92. The van der Waals surface area contributed by atoms with E-state index in [9.17, 15) is 14.4 Å². The fourth-order valence-electron chi connectivity index (χ4n) is 1.47. The first-order valence-electron chi connectivity index (χ1n) is 4.98. The van der Waals surface area contributed by atoms with Crippen molar-refractivity contribution in [3.8, 4) is 0 Å². The second kappa shape index (κ2) is 5.34. The molecule has 0 spiro atoms. The van der Waals surface area contributed by atoms with E-state index in [0.717, 1.165) is 4.90 Å². The van der Waals surface area contributed by atoms with Crippen LogP contribution in [0.4, 0.5) is 0 Å². The SMILES string of the molecule is COC(=O)CC(C)SC1CC(=O)N(C)C1=O. The van der Waals surface area contributed by atoms with Gasteiger partial charge in [-0.2, -0.15) is 0 Å². The maximum absolute atomic E-state index is 11.6. The third-order valence-corrected chi connectivity index (χ3v) is 3.75. The number of nitrogens with zero attached hydrogens (tertiary/aromatic N) is 1. The van der Waals surface area contributed by atoms with Gasteiger partial charge in [0.15, 0.2) is 0 Å². The van der Waals surface area contributed by atoms with Crippen LogP contribution in [0, 0.1) is 0 Å². The average molecular weight is 245 g/mol. The van der Waals surface area contributed by atoms with Crippen molar-refractivity contribution >= 4 is 29.5 Å². The lowest BCUT2D eigenvalue weighted by Gasteiger charge is -2.13. The van der Waals surface area contributed by atoms with E-state index in [1.165, 1.54) is 25.9 Å². The Labute approximate surface area is 98.5 Å². The van der Waals surface area contributed by atoms with Gasteiger partial charge in [-0.25, -0.2) is 0 Å². The van der Waals surface area contributed by atoms with E-state index in [1.807, 2.05) is 6.92 Å². The molecule has 1 heterocycles. The van der Waals surface area contributed by atoms with Gasteiger partial charge in [-0.1, -0.05) is 6.92 Å². The van der Waals surface area contributed by atoms with Crippen molar-refractivity contribution < 1.29 is 19.1 Å². The maximum atomic E-state index is 11.6. The van der Waals surface area contributed by atoms with Gasteiger partial charge in [0, 0.05) is 18.7 Å². The number of imide groups is 1. The molecule has 1 aliphatic rings. The first kappa shape index (κ1) is 13.0. The van der Waals surface area contributed by atoms with Crippen LogP contribution in [0.25, 0.3) is 0 Å². The number of thioether (sulfide) groups is 1. The summed E-state index contributed by atoms with van der Waals surface area (Å²) in [5.41, 5.74) is 0. The number of hydrogen-bond donors (Lipinski definition) is 0. The van der Waals surface area contributed by atoms with Gasteiger partial charge in [0.05, 0.1) is 18.8 Å². The van der Waals surface area contributed by atoms with E-state index in [4.69, 9.17) is 0 Å². The number of methoxy groups -OCH3 is 1. The van der Waals surface area contributed by atoms with E-state index in [-0.39, 0.29) is 41.1 Å². The first-order chi connectivity index (χ1) is 7.45. The van der Waals surface area contributed by atoms with Crippen LogP contribution in [-0.2, 0) is 19.1 Å². The van der Waals surface area contributed by atoms with Gasteiger partial charge in [-0.15, -0.1) is 11.8 Å². The lowest BCUT2D eigenvalue weighted by atomic mass is 10.3. The van der Waals surface area contributed by atoms with Crippen molar-refractivity contribution in [2.75, 3.05) is 14.2 Å².